The fourth-order valence-electron chi connectivity index (χ4n) is 0.699. The SMILES string of the molecule is C=C(C)C(=O)OC.C=CC(=O)OCCCC.C=CCS(=O)(=O)O. The van der Waals surface area contributed by atoms with Crippen LogP contribution < -0.4 is 0 Å². The Kier molecular flexibility index (Phi) is 18.6. The Morgan fingerprint density at radius 1 is 1.26 bits per heavy atom. The van der Waals surface area contributed by atoms with Crippen LogP contribution in [-0.4, -0.2) is 44.4 Å². The zero-order valence-electron chi connectivity index (χ0n) is 13.9. The van der Waals surface area contributed by atoms with Crippen molar-refractivity contribution < 1.29 is 32.0 Å². The molecule has 8 heteroatoms. The Labute approximate surface area is 138 Å². The van der Waals surface area contributed by atoms with E-state index >= 15 is 0 Å². The maximum atomic E-state index is 10.3. The lowest BCUT2D eigenvalue weighted by Crippen LogP contribution is -2.00. The largest absolute Gasteiger partial charge is 0.466 e. The first-order chi connectivity index (χ1) is 10.5. The molecule has 0 aliphatic heterocycles. The van der Waals surface area contributed by atoms with E-state index in [1.807, 2.05) is 6.92 Å². The number of ether oxygens (including phenoxy) is 2. The second-order valence-electron chi connectivity index (χ2n) is 4.03. The number of carbonyl (C=O) groups excluding carboxylic acids is 2. The van der Waals surface area contributed by atoms with Crippen molar-refractivity contribution in [1.82, 2.24) is 0 Å². The van der Waals surface area contributed by atoms with Gasteiger partial charge < -0.3 is 9.47 Å². The van der Waals surface area contributed by atoms with E-state index in [4.69, 9.17) is 4.55 Å². The Morgan fingerprint density at radius 2 is 1.78 bits per heavy atom. The van der Waals surface area contributed by atoms with Crippen molar-refractivity contribution in [2.45, 2.75) is 26.7 Å². The van der Waals surface area contributed by atoms with Gasteiger partial charge in [0.2, 0.25) is 0 Å². The molecule has 0 rings (SSSR count). The summed E-state index contributed by atoms with van der Waals surface area (Å²) in [6, 6.07) is 0. The summed E-state index contributed by atoms with van der Waals surface area (Å²) in [5.74, 6) is -1.05. The van der Waals surface area contributed by atoms with E-state index in [1.54, 1.807) is 6.92 Å². The fraction of sp³-hybridized carbons (Fsp3) is 0.467. The summed E-state index contributed by atoms with van der Waals surface area (Å²) < 4.78 is 36.3. The van der Waals surface area contributed by atoms with E-state index in [0.717, 1.165) is 18.9 Å². The Morgan fingerprint density at radius 3 is 1.96 bits per heavy atom. The molecule has 0 fully saturated rings. The zero-order chi connectivity index (χ0) is 18.9. The van der Waals surface area contributed by atoms with Crippen LogP contribution in [-0.2, 0) is 29.2 Å². The summed E-state index contributed by atoms with van der Waals surface area (Å²) in [4.78, 5) is 20.5. The van der Waals surface area contributed by atoms with Crippen molar-refractivity contribution >= 4 is 22.1 Å². The molecule has 7 nitrogen and oxygen atoms in total. The van der Waals surface area contributed by atoms with Crippen LogP contribution in [0.5, 0.6) is 0 Å². The summed E-state index contributed by atoms with van der Waals surface area (Å²) in [5.41, 5.74) is 0.433. The molecule has 0 atom stereocenters. The standard InChI is InChI=1S/C7H12O2.C5H8O2.C3H6O3S/c1-3-5-6-9-7(8)4-2;1-4(2)5(6)7-3;1-2-3-7(4,5)6/h4H,2-3,5-6H2,1H3;1H2,2-3H3;2H,1,3H2,(H,4,5,6). The predicted octanol–water partition coefficient (Wildman–Crippen LogP) is 2.31. The van der Waals surface area contributed by atoms with Gasteiger partial charge in [0.05, 0.1) is 19.5 Å². The summed E-state index contributed by atoms with van der Waals surface area (Å²) >= 11 is 0. The molecule has 134 valence electrons. The van der Waals surface area contributed by atoms with Gasteiger partial charge >= 0.3 is 11.9 Å². The van der Waals surface area contributed by atoms with Gasteiger partial charge in [-0.15, -0.1) is 6.58 Å². The van der Waals surface area contributed by atoms with Crippen LogP contribution >= 0.6 is 0 Å². The van der Waals surface area contributed by atoms with Crippen LogP contribution in [0.4, 0.5) is 0 Å². The van der Waals surface area contributed by atoms with E-state index in [1.165, 1.54) is 13.2 Å². The highest BCUT2D eigenvalue weighted by atomic mass is 32.2. The average Bonchev–Trinajstić information content (AvgIpc) is 2.46. The molecular formula is C15H26O7S. The smallest absolute Gasteiger partial charge is 0.332 e. The molecule has 0 saturated carbocycles. The number of methoxy groups -OCH3 is 1. The van der Waals surface area contributed by atoms with Gasteiger partial charge in [0.1, 0.15) is 0 Å². The molecule has 0 spiro atoms. The predicted molar refractivity (Wildman–Crippen MR) is 89.5 cm³/mol. The molecule has 0 aliphatic carbocycles. The van der Waals surface area contributed by atoms with E-state index in [-0.39, 0.29) is 17.7 Å². The molecule has 0 heterocycles. The van der Waals surface area contributed by atoms with Gasteiger partial charge in [-0.2, -0.15) is 8.42 Å². The van der Waals surface area contributed by atoms with Gasteiger partial charge in [0.15, 0.2) is 0 Å². The summed E-state index contributed by atoms with van der Waals surface area (Å²) in [6.45, 7) is 13.9. The number of hydrogen-bond acceptors (Lipinski definition) is 6. The second-order valence-corrected chi connectivity index (χ2v) is 5.53. The number of rotatable bonds is 7. The molecule has 0 aromatic carbocycles. The minimum Gasteiger partial charge on any atom is -0.466 e. The monoisotopic (exact) mass is 350 g/mol. The highest BCUT2D eigenvalue weighted by Crippen LogP contribution is 1.88. The average molecular weight is 350 g/mol. The molecule has 23 heavy (non-hydrogen) atoms. The zero-order valence-corrected chi connectivity index (χ0v) is 14.7. The molecule has 0 radical (unpaired) electrons. The van der Waals surface area contributed by atoms with E-state index < -0.39 is 10.1 Å². The molecule has 0 bridgehead atoms. The van der Waals surface area contributed by atoms with Crippen molar-refractivity contribution in [3.8, 4) is 0 Å². The highest BCUT2D eigenvalue weighted by Gasteiger charge is 1.96. The first-order valence-corrected chi connectivity index (χ1v) is 8.25. The molecule has 0 aromatic rings. The van der Waals surface area contributed by atoms with Crippen LogP contribution in [0.2, 0.25) is 0 Å². The van der Waals surface area contributed by atoms with Gasteiger partial charge in [0.25, 0.3) is 10.1 Å². The second kappa shape index (κ2) is 16.4. The Balaban J connectivity index is -0.000000264. The van der Waals surface area contributed by atoms with Crippen molar-refractivity contribution in [3.05, 3.63) is 37.5 Å². The molecular weight excluding hydrogens is 324 g/mol. The molecule has 0 aliphatic rings. The third-order valence-corrected chi connectivity index (χ3v) is 2.43. The van der Waals surface area contributed by atoms with E-state index in [9.17, 15) is 18.0 Å². The van der Waals surface area contributed by atoms with Gasteiger partial charge in [0, 0.05) is 11.6 Å². The summed E-state index contributed by atoms with van der Waals surface area (Å²) in [7, 11) is -2.46. The van der Waals surface area contributed by atoms with Crippen LogP contribution in [0.1, 0.15) is 26.7 Å². The molecule has 1 N–H and O–H groups in total. The molecule has 0 amide bonds. The van der Waals surface area contributed by atoms with Crippen LogP contribution in [0.15, 0.2) is 37.5 Å². The molecule has 0 saturated heterocycles. The lowest BCUT2D eigenvalue weighted by Gasteiger charge is -1.97. The number of unbranched alkanes of at least 4 members (excludes halogenated alkanes) is 1. The van der Waals surface area contributed by atoms with Crippen molar-refractivity contribution in [2.24, 2.45) is 0 Å². The van der Waals surface area contributed by atoms with Crippen LogP contribution in [0.3, 0.4) is 0 Å². The van der Waals surface area contributed by atoms with Gasteiger partial charge in [-0.25, -0.2) is 9.59 Å². The normalized spacial score (nSPS) is 9.04. The quantitative estimate of drug-likeness (QED) is 0.247. The first kappa shape index (κ1) is 26.0. The van der Waals surface area contributed by atoms with Gasteiger partial charge in [-0.3, -0.25) is 4.55 Å². The maximum Gasteiger partial charge on any atom is 0.332 e. The highest BCUT2D eigenvalue weighted by molar-refractivity contribution is 7.85. The lowest BCUT2D eigenvalue weighted by atomic mass is 10.4. The number of carbonyl (C=O) groups is 2. The minimum absolute atomic E-state index is 0.330. The van der Waals surface area contributed by atoms with E-state index in [2.05, 4.69) is 29.2 Å². The first-order valence-electron chi connectivity index (χ1n) is 6.64. The Bertz CT molecular complexity index is 478. The van der Waals surface area contributed by atoms with Crippen molar-refractivity contribution in [2.75, 3.05) is 19.5 Å². The topological polar surface area (TPSA) is 107 Å². The molecule has 0 aromatic heterocycles. The summed E-state index contributed by atoms with van der Waals surface area (Å²) in [6.07, 6.45) is 4.27. The van der Waals surface area contributed by atoms with Gasteiger partial charge in [-0.05, 0) is 13.3 Å². The fourth-order valence-corrected chi connectivity index (χ4v) is 0.997. The van der Waals surface area contributed by atoms with Crippen LogP contribution in [0.25, 0.3) is 0 Å². The number of hydrogen-bond donors (Lipinski definition) is 1. The minimum atomic E-state index is -3.79. The molecule has 0 unspecified atom stereocenters. The lowest BCUT2D eigenvalue weighted by molar-refractivity contribution is -0.138. The third kappa shape index (κ3) is 28.9. The Hall–Kier alpha value is -1.93. The van der Waals surface area contributed by atoms with Crippen molar-refractivity contribution in [1.29, 1.82) is 0 Å². The summed E-state index contributed by atoms with van der Waals surface area (Å²) in [5, 5.41) is 0. The third-order valence-electron chi connectivity index (χ3n) is 1.77. The number of esters is 2. The van der Waals surface area contributed by atoms with Crippen molar-refractivity contribution in [3.63, 3.8) is 0 Å². The van der Waals surface area contributed by atoms with Crippen LogP contribution in [0, 0.1) is 0 Å². The maximum absolute atomic E-state index is 10.3. The van der Waals surface area contributed by atoms with Gasteiger partial charge in [-0.1, -0.05) is 32.6 Å². The van der Waals surface area contributed by atoms with E-state index in [0.29, 0.717) is 12.2 Å².